The summed E-state index contributed by atoms with van der Waals surface area (Å²) in [5.41, 5.74) is 1.46. The molecule has 0 bridgehead atoms. The minimum absolute atomic E-state index is 0.0793. The van der Waals surface area contributed by atoms with Gasteiger partial charge in [-0.2, -0.15) is 9.78 Å². The maximum absolute atomic E-state index is 10.9. The Labute approximate surface area is 162 Å². The van der Waals surface area contributed by atoms with Crippen LogP contribution in [0.15, 0.2) is 59.0 Å². The van der Waals surface area contributed by atoms with Crippen LogP contribution >= 0.6 is 35.0 Å². The van der Waals surface area contributed by atoms with Gasteiger partial charge in [-0.3, -0.25) is 10.1 Å². The number of nitro benzene ring substituents is 1. The van der Waals surface area contributed by atoms with Crippen LogP contribution < -0.4 is 0 Å². The number of benzene rings is 2. The van der Waals surface area contributed by atoms with Gasteiger partial charge in [0.1, 0.15) is 11.3 Å². The van der Waals surface area contributed by atoms with E-state index < -0.39 is 4.92 Å². The Kier molecular flexibility index (Phi) is 5.87. The first-order chi connectivity index (χ1) is 12.5. The summed E-state index contributed by atoms with van der Waals surface area (Å²) in [6.45, 7) is 0. The van der Waals surface area contributed by atoms with E-state index in [2.05, 4.69) is 15.3 Å². The van der Waals surface area contributed by atoms with Crippen molar-refractivity contribution in [3.63, 3.8) is 0 Å². The third-order valence-electron chi connectivity index (χ3n) is 3.28. The van der Waals surface area contributed by atoms with Crippen LogP contribution in [0.5, 0.6) is 0 Å². The molecule has 0 N–H and O–H groups in total. The average Bonchev–Trinajstić information content (AvgIpc) is 3.08. The van der Waals surface area contributed by atoms with Crippen molar-refractivity contribution in [2.45, 2.75) is 10.9 Å². The first-order valence-electron chi connectivity index (χ1n) is 7.28. The molecule has 0 aliphatic heterocycles. The van der Waals surface area contributed by atoms with Crippen molar-refractivity contribution in [1.82, 2.24) is 14.9 Å². The van der Waals surface area contributed by atoms with Crippen LogP contribution in [0.3, 0.4) is 0 Å². The molecule has 0 spiro atoms. The molecule has 0 saturated heterocycles. The molecule has 26 heavy (non-hydrogen) atoms. The largest absolute Gasteiger partial charge is 0.288 e. The fraction of sp³-hybridized carbons (Fsp3) is 0.0625. The molecular weight excluding hydrogens is 397 g/mol. The summed E-state index contributed by atoms with van der Waals surface area (Å²) in [5.74, 6) is 0.678. The molecule has 0 aliphatic carbocycles. The van der Waals surface area contributed by atoms with Crippen LogP contribution in [-0.4, -0.2) is 26.0 Å². The maximum atomic E-state index is 10.9. The first kappa shape index (κ1) is 18.4. The number of nitro groups is 1. The zero-order valence-electron chi connectivity index (χ0n) is 13.1. The van der Waals surface area contributed by atoms with E-state index in [9.17, 15) is 10.1 Å². The number of rotatable bonds is 6. The van der Waals surface area contributed by atoms with Gasteiger partial charge < -0.3 is 0 Å². The lowest BCUT2D eigenvalue weighted by Gasteiger charge is -2.02. The number of thioether (sulfide) groups is 1. The molecule has 1 heterocycles. The minimum atomic E-state index is -0.536. The fourth-order valence-electron chi connectivity index (χ4n) is 2.00. The molecule has 0 unspecified atom stereocenters. The number of nitrogens with zero attached hydrogens (tertiary/aromatic N) is 5. The summed E-state index contributed by atoms with van der Waals surface area (Å²) < 4.78 is 1.50. The van der Waals surface area contributed by atoms with Gasteiger partial charge in [0, 0.05) is 22.4 Å². The second-order valence-corrected chi connectivity index (χ2v) is 6.87. The smallest absolute Gasteiger partial charge is 0.258 e. The van der Waals surface area contributed by atoms with Crippen LogP contribution in [0.25, 0.3) is 0 Å². The monoisotopic (exact) mass is 407 g/mol. The SMILES string of the molecule is O=[N+]([O-])c1cc(/C=N/n2cnnc2SCc2ccc(Cl)cc2)ccc1Cl. The molecule has 3 aromatic rings. The van der Waals surface area contributed by atoms with Gasteiger partial charge in [-0.15, -0.1) is 10.2 Å². The molecule has 7 nitrogen and oxygen atoms in total. The van der Waals surface area contributed by atoms with Gasteiger partial charge >= 0.3 is 0 Å². The zero-order chi connectivity index (χ0) is 18.5. The highest BCUT2D eigenvalue weighted by Crippen LogP contribution is 2.25. The van der Waals surface area contributed by atoms with E-state index in [0.717, 1.165) is 5.56 Å². The fourth-order valence-corrected chi connectivity index (χ4v) is 3.13. The maximum Gasteiger partial charge on any atom is 0.288 e. The van der Waals surface area contributed by atoms with Crippen LogP contribution in [0.2, 0.25) is 10.0 Å². The van der Waals surface area contributed by atoms with Gasteiger partial charge in [0.2, 0.25) is 5.16 Å². The predicted molar refractivity (Wildman–Crippen MR) is 102 cm³/mol. The van der Waals surface area contributed by atoms with E-state index in [1.54, 1.807) is 6.07 Å². The van der Waals surface area contributed by atoms with Crippen LogP contribution in [0.4, 0.5) is 5.69 Å². The Bertz CT molecular complexity index is 960. The highest BCUT2D eigenvalue weighted by atomic mass is 35.5. The van der Waals surface area contributed by atoms with Crippen LogP contribution in [0.1, 0.15) is 11.1 Å². The number of hydrogen-bond donors (Lipinski definition) is 0. The van der Waals surface area contributed by atoms with Crippen LogP contribution in [0, 0.1) is 10.1 Å². The summed E-state index contributed by atoms with van der Waals surface area (Å²) in [7, 11) is 0. The molecule has 0 aliphatic rings. The highest BCUT2D eigenvalue weighted by Gasteiger charge is 2.12. The van der Waals surface area contributed by atoms with E-state index in [1.807, 2.05) is 24.3 Å². The summed E-state index contributed by atoms with van der Waals surface area (Å²) in [6, 6.07) is 12.0. The molecule has 132 valence electrons. The van der Waals surface area contributed by atoms with Crippen molar-refractivity contribution in [1.29, 1.82) is 0 Å². The second-order valence-electron chi connectivity index (χ2n) is 5.09. The number of halogens is 2. The summed E-state index contributed by atoms with van der Waals surface area (Å²) in [5, 5.41) is 24.4. The Morgan fingerprint density at radius 1 is 1.23 bits per heavy atom. The molecule has 10 heteroatoms. The van der Waals surface area contributed by atoms with Gasteiger partial charge in [-0.1, -0.05) is 53.2 Å². The Hall–Kier alpha value is -2.42. The van der Waals surface area contributed by atoms with Crippen molar-refractivity contribution in [3.8, 4) is 0 Å². The van der Waals surface area contributed by atoms with Gasteiger partial charge in [-0.25, -0.2) is 0 Å². The number of hydrogen-bond acceptors (Lipinski definition) is 6. The van der Waals surface area contributed by atoms with E-state index in [0.29, 0.717) is 21.5 Å². The molecule has 0 amide bonds. The van der Waals surface area contributed by atoms with Crippen molar-refractivity contribution in [2.75, 3.05) is 0 Å². The average molecular weight is 408 g/mol. The number of aromatic nitrogens is 3. The first-order valence-corrected chi connectivity index (χ1v) is 9.02. The Morgan fingerprint density at radius 2 is 2.00 bits per heavy atom. The molecule has 0 atom stereocenters. The topological polar surface area (TPSA) is 86.2 Å². The molecule has 1 aromatic heterocycles. The third-order valence-corrected chi connectivity index (χ3v) is 4.86. The van der Waals surface area contributed by atoms with Gasteiger partial charge in [0.15, 0.2) is 0 Å². The van der Waals surface area contributed by atoms with Gasteiger partial charge in [0.05, 0.1) is 11.1 Å². The zero-order valence-corrected chi connectivity index (χ0v) is 15.4. The molecule has 3 rings (SSSR count). The summed E-state index contributed by atoms with van der Waals surface area (Å²) in [4.78, 5) is 10.4. The van der Waals surface area contributed by atoms with E-state index in [4.69, 9.17) is 23.2 Å². The lowest BCUT2D eigenvalue weighted by atomic mass is 10.2. The second kappa shape index (κ2) is 8.31. The molecule has 0 saturated carbocycles. The summed E-state index contributed by atoms with van der Waals surface area (Å²) >= 11 is 13.1. The van der Waals surface area contributed by atoms with Gasteiger partial charge in [-0.05, 0) is 23.8 Å². The van der Waals surface area contributed by atoms with Crippen molar-refractivity contribution in [2.24, 2.45) is 5.10 Å². The van der Waals surface area contributed by atoms with Crippen molar-refractivity contribution >= 4 is 46.9 Å². The summed E-state index contributed by atoms with van der Waals surface area (Å²) in [6.07, 6.45) is 2.95. The Balaban J connectivity index is 1.72. The van der Waals surface area contributed by atoms with E-state index in [-0.39, 0.29) is 10.7 Å². The quantitative estimate of drug-likeness (QED) is 0.256. The third kappa shape index (κ3) is 4.60. The highest BCUT2D eigenvalue weighted by molar-refractivity contribution is 7.98. The van der Waals surface area contributed by atoms with E-state index >= 15 is 0 Å². The van der Waals surface area contributed by atoms with Gasteiger partial charge in [0.25, 0.3) is 5.69 Å². The van der Waals surface area contributed by atoms with Crippen LogP contribution in [-0.2, 0) is 5.75 Å². The predicted octanol–water partition coefficient (Wildman–Crippen LogP) is 4.67. The normalized spacial score (nSPS) is 11.2. The van der Waals surface area contributed by atoms with Crippen molar-refractivity contribution in [3.05, 3.63) is 80.1 Å². The molecular formula is C16H11Cl2N5O2S. The standard InChI is InChI=1S/C16H11Cl2N5O2S/c17-13-4-1-11(2-5-13)9-26-16-21-19-10-22(16)20-8-12-3-6-14(18)15(7-12)23(24)25/h1-8,10H,9H2/b20-8+. The minimum Gasteiger partial charge on any atom is -0.258 e. The lowest BCUT2D eigenvalue weighted by molar-refractivity contribution is -0.384. The molecule has 0 radical (unpaired) electrons. The van der Waals surface area contributed by atoms with Crippen molar-refractivity contribution < 1.29 is 4.92 Å². The molecule has 2 aromatic carbocycles. The molecule has 0 fully saturated rings. The van der Waals surface area contributed by atoms with E-state index in [1.165, 1.54) is 41.1 Å². The lowest BCUT2D eigenvalue weighted by Crippen LogP contribution is -1.94. The Morgan fingerprint density at radius 3 is 2.73 bits per heavy atom.